The van der Waals surface area contributed by atoms with E-state index in [4.69, 9.17) is 4.65 Å². The van der Waals surface area contributed by atoms with Gasteiger partial charge < -0.3 is 20.1 Å². The number of amides is 1. The lowest BCUT2D eigenvalue weighted by molar-refractivity contribution is -0.121. The van der Waals surface area contributed by atoms with Crippen molar-refractivity contribution in [1.82, 2.24) is 25.5 Å². The predicted octanol–water partition coefficient (Wildman–Crippen LogP) is -0.927. The second-order valence-electron chi connectivity index (χ2n) is 5.57. The molecule has 3 rings (SSSR count). The average Bonchev–Trinajstić information content (AvgIpc) is 3.01. The van der Waals surface area contributed by atoms with Crippen LogP contribution in [0, 0.1) is 0 Å². The Morgan fingerprint density at radius 3 is 3.00 bits per heavy atom. The van der Waals surface area contributed by atoms with Crippen LogP contribution in [0.4, 0.5) is 0 Å². The number of benzene rings is 1. The average molecular weight is 345 g/mol. The Morgan fingerprint density at radius 2 is 2.28 bits per heavy atom. The minimum atomic E-state index is -1.35. The molecule has 1 unspecified atom stereocenters. The van der Waals surface area contributed by atoms with Gasteiger partial charge >= 0.3 is 13.1 Å². The number of tetrazole rings is 1. The monoisotopic (exact) mass is 345 g/mol. The van der Waals surface area contributed by atoms with Crippen molar-refractivity contribution < 1.29 is 24.4 Å². The lowest BCUT2D eigenvalue weighted by atomic mass is 9.72. The minimum Gasteiger partial charge on any atom is -0.534 e. The highest BCUT2D eigenvalue weighted by atomic mass is 16.5. The third kappa shape index (κ3) is 3.45. The summed E-state index contributed by atoms with van der Waals surface area (Å²) in [5, 5.41) is 33.0. The van der Waals surface area contributed by atoms with Gasteiger partial charge in [-0.05, 0) is 35.4 Å². The molecule has 1 atom stereocenters. The zero-order valence-electron chi connectivity index (χ0n) is 13.4. The summed E-state index contributed by atoms with van der Waals surface area (Å²) in [6.07, 6.45) is 0.216. The molecule has 1 aromatic heterocycles. The third-order valence-corrected chi connectivity index (χ3v) is 3.92. The highest BCUT2D eigenvalue weighted by Crippen LogP contribution is 2.30. The molecule has 0 aliphatic carbocycles. The minimum absolute atomic E-state index is 0.0246. The van der Waals surface area contributed by atoms with Crippen LogP contribution in [0.15, 0.2) is 18.2 Å². The van der Waals surface area contributed by atoms with Crippen molar-refractivity contribution >= 4 is 19.0 Å². The Balaban J connectivity index is 1.71. The first-order valence-corrected chi connectivity index (χ1v) is 7.74. The van der Waals surface area contributed by atoms with E-state index in [1.807, 2.05) is 6.92 Å². The Hall–Kier alpha value is -2.95. The summed E-state index contributed by atoms with van der Waals surface area (Å²) in [5.74, 6) is -1.66. The molecule has 0 spiro atoms. The summed E-state index contributed by atoms with van der Waals surface area (Å²) < 4.78 is 6.83. The van der Waals surface area contributed by atoms with Gasteiger partial charge in [-0.15, -0.1) is 5.10 Å². The van der Waals surface area contributed by atoms with Gasteiger partial charge in [-0.3, -0.25) is 4.79 Å². The van der Waals surface area contributed by atoms with Crippen molar-refractivity contribution in [3.8, 4) is 5.75 Å². The molecule has 10 nitrogen and oxygen atoms in total. The third-order valence-electron chi connectivity index (χ3n) is 3.92. The van der Waals surface area contributed by atoms with Gasteiger partial charge in [0.1, 0.15) is 5.75 Å². The number of carboxylic acid groups (broad SMARTS) is 1. The molecule has 1 aliphatic rings. The Bertz CT molecular complexity index is 811. The molecule has 1 aromatic carbocycles. The molecule has 130 valence electrons. The standard InChI is InChI=1S/C14H16BN5O5/c1-2-20-11(17-18-19-20)7-12(21)16-10-6-8-4-3-5-9(14(22)23)13(8)25-15(10)24/h3-5,10,24H,2,6-7H2,1H3,(H,16,21)(H,22,23). The van der Waals surface area contributed by atoms with Crippen LogP contribution in [0.1, 0.15) is 28.7 Å². The Kier molecular flexibility index (Phi) is 4.66. The molecule has 2 aromatic rings. The first kappa shape index (κ1) is 16.9. The number of aromatic carboxylic acids is 1. The summed E-state index contributed by atoms with van der Waals surface area (Å²) in [4.78, 5) is 23.4. The number of fused-ring (bicyclic) bond motifs is 1. The van der Waals surface area contributed by atoms with E-state index in [1.165, 1.54) is 10.7 Å². The Labute approximate surface area is 142 Å². The van der Waals surface area contributed by atoms with Crippen molar-refractivity contribution in [2.45, 2.75) is 32.3 Å². The number of nitrogens with zero attached hydrogens (tertiary/aromatic N) is 4. The van der Waals surface area contributed by atoms with Crippen LogP contribution < -0.4 is 9.97 Å². The number of aryl methyl sites for hydroxylation is 1. The van der Waals surface area contributed by atoms with E-state index < -0.39 is 19.0 Å². The van der Waals surface area contributed by atoms with Crippen LogP contribution >= 0.6 is 0 Å². The fourth-order valence-electron chi connectivity index (χ4n) is 2.71. The molecule has 3 N–H and O–H groups in total. The van der Waals surface area contributed by atoms with E-state index >= 15 is 0 Å². The van der Waals surface area contributed by atoms with Gasteiger partial charge in [-0.2, -0.15) is 0 Å². The van der Waals surface area contributed by atoms with Gasteiger partial charge in [0, 0.05) is 6.54 Å². The van der Waals surface area contributed by atoms with E-state index in [0.29, 0.717) is 17.9 Å². The van der Waals surface area contributed by atoms with Crippen LogP contribution in [0.25, 0.3) is 0 Å². The Morgan fingerprint density at radius 1 is 1.48 bits per heavy atom. The number of carboxylic acids is 1. The zero-order chi connectivity index (χ0) is 18.0. The second-order valence-corrected chi connectivity index (χ2v) is 5.57. The molecular weight excluding hydrogens is 329 g/mol. The summed E-state index contributed by atoms with van der Waals surface area (Å²) in [5.41, 5.74) is 0.581. The highest BCUT2D eigenvalue weighted by Gasteiger charge is 2.37. The van der Waals surface area contributed by atoms with E-state index in [0.717, 1.165) is 0 Å². The fourth-order valence-corrected chi connectivity index (χ4v) is 2.71. The van der Waals surface area contributed by atoms with Crippen LogP contribution in [-0.2, 0) is 24.2 Å². The van der Waals surface area contributed by atoms with Crippen molar-refractivity contribution in [1.29, 1.82) is 0 Å². The number of para-hydroxylation sites is 1. The number of aromatic nitrogens is 4. The van der Waals surface area contributed by atoms with E-state index in [-0.39, 0.29) is 30.1 Å². The summed E-state index contributed by atoms with van der Waals surface area (Å²) in [6, 6.07) is 4.69. The maximum absolute atomic E-state index is 12.2. The van der Waals surface area contributed by atoms with Gasteiger partial charge in [0.2, 0.25) is 5.91 Å². The molecule has 1 aliphatic heterocycles. The maximum Gasteiger partial charge on any atom is 0.547 e. The highest BCUT2D eigenvalue weighted by molar-refractivity contribution is 6.47. The van der Waals surface area contributed by atoms with Crippen LogP contribution in [0.3, 0.4) is 0 Å². The number of hydrogen-bond donors (Lipinski definition) is 3. The number of nitrogens with one attached hydrogen (secondary N) is 1. The van der Waals surface area contributed by atoms with Crippen molar-refractivity contribution in [2.24, 2.45) is 0 Å². The van der Waals surface area contributed by atoms with Crippen LogP contribution in [0.5, 0.6) is 5.75 Å². The second kappa shape index (κ2) is 6.89. The van der Waals surface area contributed by atoms with Crippen molar-refractivity contribution in [2.75, 3.05) is 0 Å². The van der Waals surface area contributed by atoms with E-state index in [9.17, 15) is 19.7 Å². The largest absolute Gasteiger partial charge is 0.547 e. The van der Waals surface area contributed by atoms with Gasteiger partial charge in [-0.25, -0.2) is 9.48 Å². The first-order valence-electron chi connectivity index (χ1n) is 7.74. The van der Waals surface area contributed by atoms with Crippen LogP contribution in [0.2, 0.25) is 0 Å². The molecule has 11 heteroatoms. The van der Waals surface area contributed by atoms with E-state index in [1.54, 1.807) is 12.1 Å². The summed E-state index contributed by atoms with van der Waals surface area (Å²) in [6.45, 7) is 2.39. The lowest BCUT2D eigenvalue weighted by Gasteiger charge is -2.28. The molecule has 1 amide bonds. The van der Waals surface area contributed by atoms with Crippen molar-refractivity contribution in [3.05, 3.63) is 35.2 Å². The summed E-state index contributed by atoms with van der Waals surface area (Å²) in [7, 11) is -1.35. The molecular formula is C14H16BN5O5. The maximum atomic E-state index is 12.2. The molecule has 0 saturated carbocycles. The lowest BCUT2D eigenvalue weighted by Crippen LogP contribution is -2.53. The fraction of sp³-hybridized carbons (Fsp3) is 0.357. The number of carbonyl (C=O) groups excluding carboxylic acids is 1. The van der Waals surface area contributed by atoms with Gasteiger partial charge in [0.05, 0.1) is 17.9 Å². The first-order chi connectivity index (χ1) is 12.0. The molecule has 25 heavy (non-hydrogen) atoms. The zero-order valence-corrected chi connectivity index (χ0v) is 13.4. The number of carbonyl (C=O) groups is 2. The van der Waals surface area contributed by atoms with Crippen molar-refractivity contribution in [3.63, 3.8) is 0 Å². The van der Waals surface area contributed by atoms with Gasteiger partial charge in [-0.1, -0.05) is 12.1 Å². The SMILES string of the molecule is CCn1nnnc1CC(=O)NC1Cc2cccc(C(=O)O)c2OB1O. The molecule has 0 bridgehead atoms. The number of rotatable bonds is 5. The van der Waals surface area contributed by atoms with Crippen LogP contribution in [-0.4, -0.2) is 55.3 Å². The van der Waals surface area contributed by atoms with Gasteiger partial charge in [0.25, 0.3) is 0 Å². The quantitative estimate of drug-likeness (QED) is 0.591. The van der Waals surface area contributed by atoms with Gasteiger partial charge in [0.15, 0.2) is 5.82 Å². The molecule has 2 heterocycles. The topological polar surface area (TPSA) is 139 Å². The smallest absolute Gasteiger partial charge is 0.534 e. The molecule has 0 radical (unpaired) electrons. The predicted molar refractivity (Wildman–Crippen MR) is 84.8 cm³/mol. The molecule has 0 fully saturated rings. The summed E-state index contributed by atoms with van der Waals surface area (Å²) >= 11 is 0. The number of hydrogen-bond acceptors (Lipinski definition) is 7. The molecule has 0 saturated heterocycles. The normalized spacial score (nSPS) is 16.1. The van der Waals surface area contributed by atoms with E-state index in [2.05, 4.69) is 20.8 Å².